The minimum absolute atomic E-state index is 0.132. The van der Waals surface area contributed by atoms with E-state index in [1.807, 2.05) is 17.0 Å². The number of nitrogens with zero attached hydrogens (tertiary/aromatic N) is 6. The van der Waals surface area contributed by atoms with Gasteiger partial charge in [0.25, 0.3) is 5.56 Å². The molecule has 1 fully saturated rings. The van der Waals surface area contributed by atoms with Gasteiger partial charge in [0, 0.05) is 75.3 Å². The van der Waals surface area contributed by atoms with Crippen LogP contribution in [0.3, 0.4) is 0 Å². The van der Waals surface area contributed by atoms with Crippen LogP contribution in [0.2, 0.25) is 0 Å². The van der Waals surface area contributed by atoms with Crippen LogP contribution in [0.1, 0.15) is 10.4 Å². The number of pyridine rings is 1. The molecule has 5 heterocycles. The zero-order valence-corrected chi connectivity index (χ0v) is 17.6. The standard InChI is InChI=1S/C21H26N6OS/c1-24-7-4-17-18(14-24)29-20-19(17)21(28)27(15-23-20)13-10-25-8-11-26(12-9-25)16-2-5-22-6-3-16/h2-3,5-6,15H,4,7-14H2,1H3. The molecule has 0 atom stereocenters. The van der Waals surface area contributed by atoms with Gasteiger partial charge in [-0.25, -0.2) is 4.98 Å². The molecule has 7 nitrogen and oxygen atoms in total. The molecule has 0 aliphatic carbocycles. The van der Waals surface area contributed by atoms with Crippen molar-refractivity contribution >= 4 is 27.2 Å². The van der Waals surface area contributed by atoms with Crippen molar-refractivity contribution in [1.29, 1.82) is 0 Å². The van der Waals surface area contributed by atoms with Gasteiger partial charge in [0.05, 0.1) is 11.7 Å². The molecule has 2 aliphatic heterocycles. The molecule has 0 unspecified atom stereocenters. The molecule has 8 heteroatoms. The molecular weight excluding hydrogens is 384 g/mol. The number of hydrogen-bond donors (Lipinski definition) is 0. The lowest BCUT2D eigenvalue weighted by molar-refractivity contribution is 0.247. The number of piperazine rings is 1. The van der Waals surface area contributed by atoms with Crippen LogP contribution >= 0.6 is 11.3 Å². The monoisotopic (exact) mass is 410 g/mol. The first kappa shape index (κ1) is 18.7. The molecule has 0 saturated carbocycles. The molecule has 2 aliphatic rings. The Hall–Kier alpha value is -2.29. The topological polar surface area (TPSA) is 57.5 Å². The van der Waals surface area contributed by atoms with E-state index in [2.05, 4.69) is 43.8 Å². The van der Waals surface area contributed by atoms with Gasteiger partial charge in [-0.05, 0) is 31.2 Å². The van der Waals surface area contributed by atoms with Crippen LogP contribution in [0.5, 0.6) is 0 Å². The van der Waals surface area contributed by atoms with Crippen LogP contribution in [0, 0.1) is 0 Å². The van der Waals surface area contributed by atoms with Crippen molar-refractivity contribution < 1.29 is 0 Å². The van der Waals surface area contributed by atoms with E-state index in [9.17, 15) is 4.79 Å². The van der Waals surface area contributed by atoms with Crippen molar-refractivity contribution in [2.75, 3.05) is 51.2 Å². The van der Waals surface area contributed by atoms with E-state index in [4.69, 9.17) is 0 Å². The molecule has 0 radical (unpaired) electrons. The number of rotatable bonds is 4. The van der Waals surface area contributed by atoms with Crippen LogP contribution in [0.15, 0.2) is 35.6 Å². The van der Waals surface area contributed by atoms with Gasteiger partial charge in [0.1, 0.15) is 4.83 Å². The van der Waals surface area contributed by atoms with Gasteiger partial charge in [-0.3, -0.25) is 19.2 Å². The van der Waals surface area contributed by atoms with E-state index in [0.717, 1.165) is 62.5 Å². The van der Waals surface area contributed by atoms with Gasteiger partial charge >= 0.3 is 0 Å². The zero-order chi connectivity index (χ0) is 19.8. The van der Waals surface area contributed by atoms with Gasteiger partial charge in [0.15, 0.2) is 0 Å². The average molecular weight is 411 g/mol. The van der Waals surface area contributed by atoms with Crippen molar-refractivity contribution in [2.45, 2.75) is 19.5 Å². The van der Waals surface area contributed by atoms with Crippen LogP contribution in [-0.4, -0.2) is 70.7 Å². The number of aromatic nitrogens is 3. The minimum atomic E-state index is 0.132. The highest BCUT2D eigenvalue weighted by Crippen LogP contribution is 2.31. The fourth-order valence-electron chi connectivity index (χ4n) is 4.34. The van der Waals surface area contributed by atoms with E-state index in [-0.39, 0.29) is 5.56 Å². The summed E-state index contributed by atoms with van der Waals surface area (Å²) >= 11 is 1.68. The quantitative estimate of drug-likeness (QED) is 0.652. The van der Waals surface area contributed by atoms with Gasteiger partial charge in [-0.15, -0.1) is 11.3 Å². The van der Waals surface area contributed by atoms with E-state index in [1.165, 1.54) is 16.1 Å². The molecule has 5 rings (SSSR count). The maximum absolute atomic E-state index is 13.1. The summed E-state index contributed by atoms with van der Waals surface area (Å²) in [6.45, 7) is 7.53. The number of anilines is 1. The molecule has 3 aromatic heterocycles. The van der Waals surface area contributed by atoms with Gasteiger partial charge < -0.3 is 9.80 Å². The highest BCUT2D eigenvalue weighted by molar-refractivity contribution is 7.18. The van der Waals surface area contributed by atoms with E-state index in [0.29, 0.717) is 6.54 Å². The lowest BCUT2D eigenvalue weighted by Gasteiger charge is -2.36. The fraction of sp³-hybridized carbons (Fsp3) is 0.476. The summed E-state index contributed by atoms with van der Waals surface area (Å²) in [7, 11) is 2.13. The Morgan fingerprint density at radius 1 is 1.07 bits per heavy atom. The second kappa shape index (κ2) is 7.85. The van der Waals surface area contributed by atoms with Gasteiger partial charge in [-0.2, -0.15) is 0 Å². The van der Waals surface area contributed by atoms with Gasteiger partial charge in [0.2, 0.25) is 0 Å². The smallest absolute Gasteiger partial charge is 0.262 e. The Morgan fingerprint density at radius 3 is 2.66 bits per heavy atom. The van der Waals surface area contributed by atoms with Crippen LogP contribution in [0.25, 0.3) is 10.2 Å². The highest BCUT2D eigenvalue weighted by atomic mass is 32.1. The number of likely N-dealkylation sites (N-methyl/N-ethyl adjacent to an activating group) is 1. The summed E-state index contributed by atoms with van der Waals surface area (Å²) in [5.41, 5.74) is 2.60. The third-order valence-corrected chi connectivity index (χ3v) is 7.20. The fourth-order valence-corrected chi connectivity index (χ4v) is 5.60. The summed E-state index contributed by atoms with van der Waals surface area (Å²) in [6, 6.07) is 4.13. The SMILES string of the molecule is CN1CCc2c(sc3ncn(CCN4CCN(c5ccncc5)CC4)c(=O)c23)C1. The predicted octanol–water partition coefficient (Wildman–Crippen LogP) is 1.66. The highest BCUT2D eigenvalue weighted by Gasteiger charge is 2.22. The van der Waals surface area contributed by atoms with E-state index >= 15 is 0 Å². The summed E-state index contributed by atoms with van der Waals surface area (Å²) < 4.78 is 1.81. The normalized spacial score (nSPS) is 18.3. The van der Waals surface area contributed by atoms with Crippen LogP contribution < -0.4 is 10.5 Å². The number of thiophene rings is 1. The number of hydrogen-bond acceptors (Lipinski definition) is 7. The summed E-state index contributed by atoms with van der Waals surface area (Å²) in [6.07, 6.45) is 6.38. The molecule has 0 bridgehead atoms. The van der Waals surface area contributed by atoms with Crippen LogP contribution in [0.4, 0.5) is 5.69 Å². The molecule has 29 heavy (non-hydrogen) atoms. The maximum Gasteiger partial charge on any atom is 0.262 e. The lowest BCUT2D eigenvalue weighted by atomic mass is 10.1. The second-order valence-corrected chi connectivity index (χ2v) is 9.03. The first-order valence-electron chi connectivity index (χ1n) is 10.2. The third kappa shape index (κ3) is 3.68. The first-order valence-corrected chi connectivity index (χ1v) is 11.1. The zero-order valence-electron chi connectivity index (χ0n) is 16.8. The van der Waals surface area contributed by atoms with E-state index < -0.39 is 0 Å². The van der Waals surface area contributed by atoms with Crippen molar-refractivity contribution in [3.05, 3.63) is 51.6 Å². The van der Waals surface area contributed by atoms with Crippen molar-refractivity contribution in [2.24, 2.45) is 0 Å². The summed E-state index contributed by atoms with van der Waals surface area (Å²) in [4.78, 5) is 31.2. The Balaban J connectivity index is 1.26. The molecule has 0 aromatic carbocycles. The molecular formula is C21H26N6OS. The van der Waals surface area contributed by atoms with Gasteiger partial charge in [-0.1, -0.05) is 0 Å². The number of fused-ring (bicyclic) bond motifs is 3. The molecule has 0 spiro atoms. The lowest BCUT2D eigenvalue weighted by Crippen LogP contribution is -2.47. The second-order valence-electron chi connectivity index (χ2n) is 7.95. The Bertz CT molecular complexity index is 1050. The Kier molecular flexibility index (Phi) is 5.07. The first-order chi connectivity index (χ1) is 14.2. The van der Waals surface area contributed by atoms with Crippen LogP contribution in [-0.2, 0) is 19.5 Å². The minimum Gasteiger partial charge on any atom is -0.369 e. The van der Waals surface area contributed by atoms with E-state index in [1.54, 1.807) is 17.7 Å². The Morgan fingerprint density at radius 2 is 1.86 bits per heavy atom. The van der Waals surface area contributed by atoms with Crippen molar-refractivity contribution in [3.63, 3.8) is 0 Å². The van der Waals surface area contributed by atoms with Crippen molar-refractivity contribution in [1.82, 2.24) is 24.3 Å². The molecule has 152 valence electrons. The average Bonchev–Trinajstić information content (AvgIpc) is 3.12. The maximum atomic E-state index is 13.1. The molecule has 0 N–H and O–H groups in total. The molecule has 1 saturated heterocycles. The third-order valence-electron chi connectivity index (χ3n) is 6.08. The summed E-state index contributed by atoms with van der Waals surface area (Å²) in [5.74, 6) is 0. The molecule has 0 amide bonds. The van der Waals surface area contributed by atoms with Crippen molar-refractivity contribution in [3.8, 4) is 0 Å². The molecule has 3 aromatic rings. The predicted molar refractivity (Wildman–Crippen MR) is 117 cm³/mol. The Labute approximate surface area is 174 Å². The largest absolute Gasteiger partial charge is 0.369 e. The summed E-state index contributed by atoms with van der Waals surface area (Å²) in [5, 5.41) is 0.864.